The van der Waals surface area contributed by atoms with Gasteiger partial charge in [-0.05, 0) is 36.8 Å². The van der Waals surface area contributed by atoms with E-state index in [-0.39, 0.29) is 5.41 Å². The van der Waals surface area contributed by atoms with Gasteiger partial charge >= 0.3 is 6.09 Å². The molecule has 0 saturated carbocycles. The Morgan fingerprint density at radius 2 is 1.74 bits per heavy atom. The van der Waals surface area contributed by atoms with Crippen LogP contribution in [-0.2, 0) is 15.7 Å². The lowest BCUT2D eigenvalue weighted by atomic mass is 9.59. The van der Waals surface area contributed by atoms with E-state index >= 15 is 0 Å². The van der Waals surface area contributed by atoms with Crippen LogP contribution in [-0.4, -0.2) is 16.7 Å². The Morgan fingerprint density at radius 1 is 1.16 bits per heavy atom. The molecule has 2 N–H and O–H groups in total. The van der Waals surface area contributed by atoms with Crippen LogP contribution < -0.4 is 5.84 Å². The van der Waals surface area contributed by atoms with Crippen LogP contribution in [0.3, 0.4) is 0 Å². The molecule has 102 valence electrons. The zero-order valence-corrected chi connectivity index (χ0v) is 11.9. The standard InChI is InChI=1S/C15H20N2O2/c1-13(2)9-14(3)15(4,17(16)12(18)19-14)11-8-6-5-7-10(11)13/h5-8H,9,16H2,1-4H3/t14-,15-/m1/s1. The van der Waals surface area contributed by atoms with Gasteiger partial charge in [0, 0.05) is 0 Å². The smallest absolute Gasteiger partial charge is 0.425 e. The number of carbonyl (C=O) groups excluding carboxylic acids is 1. The first-order valence-electron chi connectivity index (χ1n) is 6.60. The zero-order chi connectivity index (χ0) is 14.1. The molecule has 1 amide bonds. The van der Waals surface area contributed by atoms with Crippen LogP contribution in [0.15, 0.2) is 24.3 Å². The second-order valence-corrected chi connectivity index (χ2v) is 6.65. The average Bonchev–Trinajstić information content (AvgIpc) is 2.50. The maximum Gasteiger partial charge on any atom is 0.425 e. The lowest BCUT2D eigenvalue weighted by Gasteiger charge is -2.50. The highest BCUT2D eigenvalue weighted by Crippen LogP contribution is 2.56. The summed E-state index contributed by atoms with van der Waals surface area (Å²) in [5.74, 6) is 6.01. The fraction of sp³-hybridized carbons (Fsp3) is 0.533. The molecule has 2 atom stereocenters. The van der Waals surface area contributed by atoms with Crippen molar-refractivity contribution < 1.29 is 9.53 Å². The molecule has 0 unspecified atom stereocenters. The summed E-state index contributed by atoms with van der Waals surface area (Å²) in [6.45, 7) is 8.34. The first-order chi connectivity index (χ1) is 8.72. The van der Waals surface area contributed by atoms with Crippen molar-refractivity contribution in [1.29, 1.82) is 0 Å². The molecular weight excluding hydrogens is 240 g/mol. The summed E-state index contributed by atoms with van der Waals surface area (Å²) in [7, 11) is 0. The van der Waals surface area contributed by atoms with Crippen LogP contribution in [0.1, 0.15) is 45.2 Å². The van der Waals surface area contributed by atoms with Gasteiger partial charge in [-0.1, -0.05) is 38.1 Å². The van der Waals surface area contributed by atoms with Gasteiger partial charge in [-0.2, -0.15) is 0 Å². The third-order valence-electron chi connectivity index (χ3n) is 4.98. The molecule has 1 aromatic rings. The Bertz CT molecular complexity index is 569. The Kier molecular flexibility index (Phi) is 2.17. The van der Waals surface area contributed by atoms with E-state index in [4.69, 9.17) is 10.6 Å². The predicted molar refractivity (Wildman–Crippen MR) is 72.3 cm³/mol. The van der Waals surface area contributed by atoms with Crippen LogP contribution in [0.4, 0.5) is 4.79 Å². The number of rotatable bonds is 0. The summed E-state index contributed by atoms with van der Waals surface area (Å²) >= 11 is 0. The van der Waals surface area contributed by atoms with E-state index in [0.717, 1.165) is 12.0 Å². The molecule has 1 aromatic carbocycles. The summed E-state index contributed by atoms with van der Waals surface area (Å²) in [5.41, 5.74) is 1.06. The normalized spacial score (nSPS) is 35.6. The number of ether oxygens (including phenoxy) is 1. The lowest BCUT2D eigenvalue weighted by molar-refractivity contribution is -0.0294. The monoisotopic (exact) mass is 260 g/mol. The number of hydrogen-bond donors (Lipinski definition) is 1. The maximum atomic E-state index is 12.0. The number of benzene rings is 1. The Balaban J connectivity index is 2.32. The summed E-state index contributed by atoms with van der Waals surface area (Å²) in [6, 6.07) is 8.20. The molecule has 2 aliphatic rings. The number of amides is 1. The van der Waals surface area contributed by atoms with Crippen LogP contribution in [0, 0.1) is 0 Å². The van der Waals surface area contributed by atoms with E-state index in [9.17, 15) is 4.79 Å². The van der Waals surface area contributed by atoms with Gasteiger partial charge in [-0.15, -0.1) is 0 Å². The number of hydrogen-bond acceptors (Lipinski definition) is 3. The van der Waals surface area contributed by atoms with Gasteiger partial charge in [0.25, 0.3) is 0 Å². The van der Waals surface area contributed by atoms with Gasteiger partial charge in [0.15, 0.2) is 0 Å². The first kappa shape index (κ1) is 12.5. The molecule has 1 heterocycles. The van der Waals surface area contributed by atoms with Gasteiger partial charge in [0.1, 0.15) is 11.1 Å². The second kappa shape index (κ2) is 3.31. The largest absolute Gasteiger partial charge is 0.439 e. The highest BCUT2D eigenvalue weighted by atomic mass is 16.6. The molecule has 1 aliphatic carbocycles. The van der Waals surface area contributed by atoms with Crippen LogP contribution >= 0.6 is 0 Å². The topological polar surface area (TPSA) is 55.6 Å². The quantitative estimate of drug-likeness (QED) is 0.576. The van der Waals surface area contributed by atoms with E-state index in [1.54, 1.807) is 0 Å². The molecule has 1 fully saturated rings. The maximum absolute atomic E-state index is 12.0. The minimum atomic E-state index is -0.615. The summed E-state index contributed by atoms with van der Waals surface area (Å²) < 4.78 is 5.62. The van der Waals surface area contributed by atoms with Gasteiger partial charge in [-0.3, -0.25) is 0 Å². The molecule has 4 nitrogen and oxygen atoms in total. The molecular formula is C15H20N2O2. The number of hydrazine groups is 1. The van der Waals surface area contributed by atoms with Crippen molar-refractivity contribution in [2.45, 2.75) is 50.7 Å². The minimum Gasteiger partial charge on any atom is -0.439 e. The fourth-order valence-corrected chi connectivity index (χ4v) is 3.84. The molecule has 0 aromatic heterocycles. The highest BCUT2D eigenvalue weighted by molar-refractivity contribution is 5.73. The van der Waals surface area contributed by atoms with Crippen molar-refractivity contribution in [3.8, 4) is 0 Å². The van der Waals surface area contributed by atoms with Gasteiger partial charge in [0.2, 0.25) is 0 Å². The van der Waals surface area contributed by atoms with Crippen molar-refractivity contribution >= 4 is 6.09 Å². The summed E-state index contributed by atoms with van der Waals surface area (Å²) in [4.78, 5) is 12.0. The van der Waals surface area contributed by atoms with E-state index in [1.807, 2.05) is 26.0 Å². The van der Waals surface area contributed by atoms with E-state index < -0.39 is 17.2 Å². The third kappa shape index (κ3) is 1.30. The molecule has 4 heteroatoms. The molecule has 0 radical (unpaired) electrons. The third-order valence-corrected chi connectivity index (χ3v) is 4.98. The van der Waals surface area contributed by atoms with E-state index in [2.05, 4.69) is 26.0 Å². The number of carbonyl (C=O) groups is 1. The Hall–Kier alpha value is -1.55. The summed E-state index contributed by atoms with van der Waals surface area (Å²) in [5, 5.41) is 1.25. The summed E-state index contributed by atoms with van der Waals surface area (Å²) in [6.07, 6.45) is 0.310. The van der Waals surface area contributed by atoms with Crippen molar-refractivity contribution in [1.82, 2.24) is 5.01 Å². The fourth-order valence-electron chi connectivity index (χ4n) is 3.84. The molecule has 19 heavy (non-hydrogen) atoms. The van der Waals surface area contributed by atoms with Crippen molar-refractivity contribution in [2.24, 2.45) is 5.84 Å². The molecule has 0 spiro atoms. The van der Waals surface area contributed by atoms with E-state index in [1.165, 1.54) is 10.6 Å². The minimum absolute atomic E-state index is 0.0453. The molecule has 3 rings (SSSR count). The molecule has 1 saturated heterocycles. The average molecular weight is 260 g/mol. The van der Waals surface area contributed by atoms with Gasteiger partial charge < -0.3 is 4.74 Å². The predicted octanol–water partition coefficient (Wildman–Crippen LogP) is 2.67. The van der Waals surface area contributed by atoms with Crippen LogP contribution in [0.25, 0.3) is 0 Å². The number of nitrogens with two attached hydrogens (primary N) is 1. The Morgan fingerprint density at radius 3 is 2.37 bits per heavy atom. The van der Waals surface area contributed by atoms with Crippen molar-refractivity contribution in [3.05, 3.63) is 35.4 Å². The van der Waals surface area contributed by atoms with Crippen molar-refractivity contribution in [2.75, 3.05) is 0 Å². The first-order valence-corrected chi connectivity index (χ1v) is 6.60. The molecule has 1 aliphatic heterocycles. The lowest BCUT2D eigenvalue weighted by Crippen LogP contribution is -2.60. The van der Waals surface area contributed by atoms with Crippen LogP contribution in [0.2, 0.25) is 0 Å². The van der Waals surface area contributed by atoms with Gasteiger partial charge in [0.05, 0.1) is 0 Å². The molecule has 0 bridgehead atoms. The van der Waals surface area contributed by atoms with E-state index in [0.29, 0.717) is 0 Å². The Labute approximate surface area is 113 Å². The van der Waals surface area contributed by atoms with Gasteiger partial charge in [-0.25, -0.2) is 15.6 Å². The number of nitrogens with zero attached hydrogens (tertiary/aromatic N) is 1. The SMILES string of the molecule is CC1(C)C[C@@]2(C)OC(=O)N(N)[C@]2(C)c2ccccc21. The van der Waals surface area contributed by atoms with Crippen molar-refractivity contribution in [3.63, 3.8) is 0 Å². The second-order valence-electron chi connectivity index (χ2n) is 6.65. The number of fused-ring (bicyclic) bond motifs is 3. The van der Waals surface area contributed by atoms with Crippen LogP contribution in [0.5, 0.6) is 0 Å². The highest BCUT2D eigenvalue weighted by Gasteiger charge is 2.65. The zero-order valence-electron chi connectivity index (χ0n) is 11.9.